The van der Waals surface area contributed by atoms with Crippen molar-refractivity contribution in [3.05, 3.63) is 18.2 Å². The fraction of sp³-hybridized carbons (Fsp3) is 0.333. The quantitative estimate of drug-likeness (QED) is 0.748. The van der Waals surface area contributed by atoms with Crippen molar-refractivity contribution >= 4 is 19.7 Å². The molecule has 100 valence electrons. The lowest BCUT2D eigenvalue weighted by Gasteiger charge is -2.25. The lowest BCUT2D eigenvalue weighted by molar-refractivity contribution is -0.300. The molecular weight excluding hydrogens is 297 g/mol. The zero-order valence-corrected chi connectivity index (χ0v) is 10.4. The van der Waals surface area contributed by atoms with E-state index >= 15 is 0 Å². The fourth-order valence-electron chi connectivity index (χ4n) is 1.36. The first-order valence-electron chi connectivity index (χ1n) is 4.56. The summed E-state index contributed by atoms with van der Waals surface area (Å²) in [6.07, 6.45) is -4.76. The van der Waals surface area contributed by atoms with Gasteiger partial charge in [0.1, 0.15) is 0 Å². The molecule has 1 unspecified atom stereocenters. The number of halogens is 4. The third kappa shape index (κ3) is 2.10. The Labute approximate surface area is 105 Å². The van der Waals surface area contributed by atoms with Crippen LogP contribution in [0.5, 0.6) is 11.5 Å². The van der Waals surface area contributed by atoms with Crippen molar-refractivity contribution in [1.29, 1.82) is 0 Å². The van der Waals surface area contributed by atoms with Crippen LogP contribution in [0.1, 0.15) is 6.92 Å². The molecule has 0 radical (unpaired) electrons. The number of rotatable bonds is 1. The normalized spacial score (nSPS) is 23.2. The summed E-state index contributed by atoms with van der Waals surface area (Å²) in [7, 11) is 1.03. The number of alkyl halides is 3. The summed E-state index contributed by atoms with van der Waals surface area (Å²) in [5, 5.41) is 0. The molecule has 0 fully saturated rings. The highest BCUT2D eigenvalue weighted by Gasteiger charge is 2.60. The van der Waals surface area contributed by atoms with Crippen molar-refractivity contribution in [2.75, 3.05) is 0 Å². The number of ether oxygens (including phenoxy) is 2. The third-order valence-electron chi connectivity index (χ3n) is 2.32. The molecule has 0 spiro atoms. The second-order valence-corrected chi connectivity index (χ2v) is 6.26. The minimum atomic E-state index is -4.76. The SMILES string of the molecule is CC1(C(F)(F)F)Oc2ccc(S(=O)(=O)Cl)cc2O1. The average Bonchev–Trinajstić information content (AvgIpc) is 2.51. The molecule has 0 saturated carbocycles. The summed E-state index contributed by atoms with van der Waals surface area (Å²) in [5.74, 6) is -3.35. The van der Waals surface area contributed by atoms with Crippen LogP contribution < -0.4 is 9.47 Å². The number of benzene rings is 1. The Bertz CT molecular complexity index is 598. The largest absolute Gasteiger partial charge is 0.467 e. The molecule has 1 atom stereocenters. The molecule has 4 nitrogen and oxygen atoms in total. The van der Waals surface area contributed by atoms with Crippen LogP contribution >= 0.6 is 10.7 Å². The van der Waals surface area contributed by atoms with Crippen molar-refractivity contribution in [3.8, 4) is 11.5 Å². The molecule has 1 heterocycles. The Morgan fingerprint density at radius 3 is 2.28 bits per heavy atom. The van der Waals surface area contributed by atoms with Crippen LogP contribution in [-0.4, -0.2) is 20.4 Å². The Hall–Kier alpha value is -1.15. The number of fused-ring (bicyclic) bond motifs is 1. The molecule has 0 amide bonds. The summed E-state index contributed by atoms with van der Waals surface area (Å²) < 4.78 is 69.3. The third-order valence-corrected chi connectivity index (χ3v) is 3.67. The van der Waals surface area contributed by atoms with Crippen LogP contribution in [-0.2, 0) is 9.05 Å². The van der Waals surface area contributed by atoms with Crippen molar-refractivity contribution in [2.24, 2.45) is 0 Å². The van der Waals surface area contributed by atoms with E-state index in [4.69, 9.17) is 10.7 Å². The second-order valence-electron chi connectivity index (χ2n) is 3.69. The zero-order chi connectivity index (χ0) is 13.8. The summed E-state index contributed by atoms with van der Waals surface area (Å²) in [4.78, 5) is -0.363. The molecular formula is C9H6ClF3O4S. The molecule has 0 aliphatic carbocycles. The van der Waals surface area contributed by atoms with Gasteiger partial charge in [-0.25, -0.2) is 8.42 Å². The molecule has 1 aliphatic heterocycles. The van der Waals surface area contributed by atoms with Gasteiger partial charge < -0.3 is 9.47 Å². The van der Waals surface area contributed by atoms with E-state index in [0.29, 0.717) is 6.92 Å². The van der Waals surface area contributed by atoms with Crippen molar-refractivity contribution in [3.63, 3.8) is 0 Å². The van der Waals surface area contributed by atoms with Crippen LogP contribution in [0.4, 0.5) is 13.2 Å². The van der Waals surface area contributed by atoms with E-state index in [2.05, 4.69) is 9.47 Å². The first-order valence-corrected chi connectivity index (χ1v) is 6.87. The van der Waals surface area contributed by atoms with Gasteiger partial charge in [0.2, 0.25) is 0 Å². The number of hydrogen-bond donors (Lipinski definition) is 0. The van der Waals surface area contributed by atoms with E-state index in [1.54, 1.807) is 0 Å². The van der Waals surface area contributed by atoms with Gasteiger partial charge >= 0.3 is 12.0 Å². The topological polar surface area (TPSA) is 52.6 Å². The highest BCUT2D eigenvalue weighted by atomic mass is 35.7. The van der Waals surface area contributed by atoms with Gasteiger partial charge in [-0.2, -0.15) is 13.2 Å². The second kappa shape index (κ2) is 3.67. The highest BCUT2D eigenvalue weighted by molar-refractivity contribution is 8.13. The van der Waals surface area contributed by atoms with Gasteiger partial charge in [-0.1, -0.05) is 0 Å². The van der Waals surface area contributed by atoms with E-state index in [1.165, 1.54) is 0 Å². The van der Waals surface area contributed by atoms with E-state index in [-0.39, 0.29) is 16.4 Å². The van der Waals surface area contributed by atoms with Crippen molar-refractivity contribution in [2.45, 2.75) is 23.8 Å². The van der Waals surface area contributed by atoms with Crippen LogP contribution in [0.3, 0.4) is 0 Å². The van der Waals surface area contributed by atoms with Crippen LogP contribution in [0, 0.1) is 0 Å². The van der Waals surface area contributed by atoms with E-state index in [0.717, 1.165) is 18.2 Å². The van der Waals surface area contributed by atoms with Crippen LogP contribution in [0.15, 0.2) is 23.1 Å². The maximum atomic E-state index is 12.7. The Kier molecular flexibility index (Phi) is 2.71. The zero-order valence-electron chi connectivity index (χ0n) is 8.79. The van der Waals surface area contributed by atoms with E-state index in [1.807, 2.05) is 0 Å². The number of hydrogen-bond acceptors (Lipinski definition) is 4. The molecule has 0 bridgehead atoms. The molecule has 9 heteroatoms. The molecule has 2 rings (SSSR count). The standard InChI is InChI=1S/C9H6ClF3O4S/c1-8(9(11,12)13)16-6-3-2-5(18(10,14)15)4-7(6)17-8/h2-4H,1H3. The van der Waals surface area contributed by atoms with E-state index in [9.17, 15) is 21.6 Å². The van der Waals surface area contributed by atoms with Crippen LogP contribution in [0.2, 0.25) is 0 Å². The molecule has 1 aromatic carbocycles. The molecule has 1 aromatic rings. The predicted octanol–water partition coefficient (Wildman–Crippen LogP) is 2.66. The van der Waals surface area contributed by atoms with Gasteiger partial charge in [-0.15, -0.1) is 0 Å². The van der Waals surface area contributed by atoms with Gasteiger partial charge in [-0.05, 0) is 12.1 Å². The molecule has 0 N–H and O–H groups in total. The van der Waals surface area contributed by atoms with E-state index < -0.39 is 21.0 Å². The summed E-state index contributed by atoms with van der Waals surface area (Å²) in [6, 6.07) is 2.98. The lowest BCUT2D eigenvalue weighted by Crippen LogP contribution is -2.49. The highest BCUT2D eigenvalue weighted by Crippen LogP contribution is 2.47. The monoisotopic (exact) mass is 302 g/mol. The maximum absolute atomic E-state index is 12.7. The summed E-state index contributed by atoms with van der Waals surface area (Å²) >= 11 is 0. The fourth-order valence-corrected chi connectivity index (χ4v) is 2.13. The van der Waals surface area contributed by atoms with Gasteiger partial charge in [0.25, 0.3) is 9.05 Å². The minimum Gasteiger partial charge on any atom is -0.441 e. The molecule has 1 aliphatic rings. The van der Waals surface area contributed by atoms with Gasteiger partial charge in [0.05, 0.1) is 4.90 Å². The Balaban J connectivity index is 2.43. The van der Waals surface area contributed by atoms with Crippen molar-refractivity contribution in [1.82, 2.24) is 0 Å². The Morgan fingerprint density at radius 1 is 1.22 bits per heavy atom. The molecule has 0 saturated heterocycles. The first kappa shape index (κ1) is 13.3. The summed E-state index contributed by atoms with van der Waals surface area (Å²) in [6.45, 7) is 0.696. The maximum Gasteiger partial charge on any atom is 0.467 e. The van der Waals surface area contributed by atoms with Crippen molar-refractivity contribution < 1.29 is 31.1 Å². The van der Waals surface area contributed by atoms with Crippen LogP contribution in [0.25, 0.3) is 0 Å². The smallest absolute Gasteiger partial charge is 0.441 e. The first-order chi connectivity index (χ1) is 8.03. The van der Waals surface area contributed by atoms with Gasteiger partial charge in [0.15, 0.2) is 11.5 Å². The van der Waals surface area contributed by atoms with Gasteiger partial charge in [0, 0.05) is 23.7 Å². The Morgan fingerprint density at radius 2 is 1.78 bits per heavy atom. The lowest BCUT2D eigenvalue weighted by atomic mass is 10.3. The minimum absolute atomic E-state index is 0.195. The molecule has 0 aromatic heterocycles. The average molecular weight is 303 g/mol. The molecule has 18 heavy (non-hydrogen) atoms. The van der Waals surface area contributed by atoms with Gasteiger partial charge in [-0.3, -0.25) is 0 Å². The predicted molar refractivity (Wildman–Crippen MR) is 55.2 cm³/mol. The summed E-state index contributed by atoms with van der Waals surface area (Å²) in [5.41, 5.74) is 0.